The van der Waals surface area contributed by atoms with Gasteiger partial charge in [-0.1, -0.05) is 41.9 Å². The number of likely N-dealkylation sites (tertiary alicyclic amines) is 1. The third-order valence-electron chi connectivity index (χ3n) is 5.28. The molecule has 0 bridgehead atoms. The van der Waals surface area contributed by atoms with E-state index < -0.39 is 5.25 Å². The fraction of sp³-hybridized carbons (Fsp3) is 0.304. The van der Waals surface area contributed by atoms with Crippen molar-refractivity contribution in [2.45, 2.75) is 43.5 Å². The highest BCUT2D eigenvalue weighted by atomic mass is 35.5. The second-order valence-electron chi connectivity index (χ2n) is 7.61. The smallest absolute Gasteiger partial charge is 0.260 e. The fourth-order valence-corrected chi connectivity index (χ4v) is 5.00. The fourth-order valence-electron chi connectivity index (χ4n) is 3.68. The second kappa shape index (κ2) is 9.24. The number of hydrogen-bond acceptors (Lipinski definition) is 5. The number of nitrogens with zero attached hydrogens (tertiary/aromatic N) is 4. The molecule has 0 spiro atoms. The van der Waals surface area contributed by atoms with Crippen molar-refractivity contribution in [3.63, 3.8) is 0 Å². The zero-order chi connectivity index (χ0) is 22.0. The zero-order valence-electron chi connectivity index (χ0n) is 17.4. The van der Waals surface area contributed by atoms with Crippen LogP contribution in [0.25, 0.3) is 5.69 Å². The number of benzene rings is 2. The van der Waals surface area contributed by atoms with Crippen molar-refractivity contribution >= 4 is 35.2 Å². The molecule has 2 heterocycles. The van der Waals surface area contributed by atoms with Crippen LogP contribution in [0, 0.1) is 13.8 Å². The van der Waals surface area contributed by atoms with E-state index in [1.807, 2.05) is 36.6 Å². The van der Waals surface area contributed by atoms with Crippen molar-refractivity contribution in [2.24, 2.45) is 0 Å². The quantitative estimate of drug-likeness (QED) is 0.527. The molecule has 2 aromatic carbocycles. The Morgan fingerprint density at radius 2 is 1.87 bits per heavy atom. The number of amides is 2. The number of rotatable bonds is 4. The van der Waals surface area contributed by atoms with Gasteiger partial charge in [0, 0.05) is 22.8 Å². The van der Waals surface area contributed by atoms with Gasteiger partial charge < -0.3 is 0 Å². The van der Waals surface area contributed by atoms with E-state index in [9.17, 15) is 9.59 Å². The number of imide groups is 1. The van der Waals surface area contributed by atoms with Crippen molar-refractivity contribution < 1.29 is 9.59 Å². The van der Waals surface area contributed by atoms with E-state index in [1.54, 1.807) is 24.3 Å². The van der Waals surface area contributed by atoms with E-state index >= 15 is 0 Å². The normalized spacial score (nSPS) is 16.9. The standard InChI is InChI=1S/C23H23ClN4O2S/c1-15-6-5-7-19(14-15)28-16(2)25-26-23(28)31-20-8-3-4-13-27(22(20)30)21(29)17-9-11-18(24)12-10-17/h5-7,9-12,14,20H,3-4,8,13H2,1-2H3/t20-/m1/s1. The van der Waals surface area contributed by atoms with Crippen LogP contribution in [0.2, 0.25) is 5.02 Å². The molecule has 0 aliphatic carbocycles. The maximum Gasteiger partial charge on any atom is 0.260 e. The van der Waals surface area contributed by atoms with Gasteiger partial charge in [-0.3, -0.25) is 19.1 Å². The van der Waals surface area contributed by atoms with E-state index in [0.717, 1.165) is 29.9 Å². The van der Waals surface area contributed by atoms with E-state index in [4.69, 9.17) is 11.6 Å². The molecule has 0 radical (unpaired) electrons. The first-order valence-electron chi connectivity index (χ1n) is 10.2. The van der Waals surface area contributed by atoms with Crippen LogP contribution in [0.5, 0.6) is 0 Å². The number of hydrogen-bond donors (Lipinski definition) is 0. The van der Waals surface area contributed by atoms with Crippen LogP contribution in [-0.4, -0.2) is 43.3 Å². The van der Waals surface area contributed by atoms with Crippen molar-refractivity contribution in [2.75, 3.05) is 6.54 Å². The van der Waals surface area contributed by atoms with Crippen LogP contribution >= 0.6 is 23.4 Å². The lowest BCUT2D eigenvalue weighted by atomic mass is 10.2. The minimum absolute atomic E-state index is 0.182. The minimum atomic E-state index is -0.397. The molecule has 1 fully saturated rings. The summed E-state index contributed by atoms with van der Waals surface area (Å²) in [6.45, 7) is 4.34. The molecule has 2 amide bonds. The van der Waals surface area contributed by atoms with Gasteiger partial charge in [-0.05, 0) is 68.7 Å². The predicted octanol–water partition coefficient (Wildman–Crippen LogP) is 4.85. The van der Waals surface area contributed by atoms with E-state index in [-0.39, 0.29) is 11.8 Å². The zero-order valence-corrected chi connectivity index (χ0v) is 19.0. The molecule has 6 nitrogen and oxygen atoms in total. The third kappa shape index (κ3) is 4.67. The lowest BCUT2D eigenvalue weighted by Gasteiger charge is -2.22. The van der Waals surface area contributed by atoms with E-state index in [1.165, 1.54) is 16.7 Å². The summed E-state index contributed by atoms with van der Waals surface area (Å²) < 4.78 is 1.96. The maximum absolute atomic E-state index is 13.3. The maximum atomic E-state index is 13.3. The lowest BCUT2D eigenvalue weighted by Crippen LogP contribution is -2.41. The monoisotopic (exact) mass is 454 g/mol. The summed E-state index contributed by atoms with van der Waals surface area (Å²) in [4.78, 5) is 27.7. The molecule has 1 aliphatic rings. The van der Waals surface area contributed by atoms with Gasteiger partial charge in [-0.15, -0.1) is 10.2 Å². The molecular weight excluding hydrogens is 432 g/mol. The topological polar surface area (TPSA) is 68.1 Å². The minimum Gasteiger partial charge on any atom is -0.278 e. The second-order valence-corrected chi connectivity index (χ2v) is 9.21. The molecule has 8 heteroatoms. The summed E-state index contributed by atoms with van der Waals surface area (Å²) in [5.41, 5.74) is 2.55. The van der Waals surface area contributed by atoms with Gasteiger partial charge in [-0.2, -0.15) is 0 Å². The Morgan fingerprint density at radius 1 is 1.10 bits per heavy atom. The molecule has 160 valence electrons. The molecule has 1 aromatic heterocycles. The Hall–Kier alpha value is -2.64. The molecule has 4 rings (SSSR count). The first-order valence-corrected chi connectivity index (χ1v) is 11.5. The first kappa shape index (κ1) is 21.6. The van der Waals surface area contributed by atoms with Gasteiger partial charge in [0.25, 0.3) is 5.91 Å². The highest BCUT2D eigenvalue weighted by Crippen LogP contribution is 2.32. The Bertz CT molecular complexity index is 1110. The van der Waals surface area contributed by atoms with Crippen molar-refractivity contribution in [1.29, 1.82) is 0 Å². The number of carbonyl (C=O) groups excluding carboxylic acids is 2. The molecule has 1 aliphatic heterocycles. The average Bonchev–Trinajstić information content (AvgIpc) is 3.02. The summed E-state index contributed by atoms with van der Waals surface area (Å²) >= 11 is 7.31. The van der Waals surface area contributed by atoms with Crippen LogP contribution < -0.4 is 0 Å². The number of halogens is 1. The van der Waals surface area contributed by atoms with Gasteiger partial charge >= 0.3 is 0 Å². The summed E-state index contributed by atoms with van der Waals surface area (Å²) in [6.07, 6.45) is 2.34. The molecule has 1 atom stereocenters. The summed E-state index contributed by atoms with van der Waals surface area (Å²) in [5.74, 6) is 0.285. The predicted molar refractivity (Wildman–Crippen MR) is 122 cm³/mol. The van der Waals surface area contributed by atoms with Crippen molar-refractivity contribution in [3.8, 4) is 5.69 Å². The molecule has 1 saturated heterocycles. The van der Waals surface area contributed by atoms with Crippen LogP contribution in [0.15, 0.2) is 53.7 Å². The molecule has 0 saturated carbocycles. The summed E-state index contributed by atoms with van der Waals surface area (Å²) in [5, 5.41) is 9.37. The number of aromatic nitrogens is 3. The van der Waals surface area contributed by atoms with E-state index in [2.05, 4.69) is 16.3 Å². The Balaban J connectivity index is 1.60. The van der Waals surface area contributed by atoms with Crippen molar-refractivity contribution in [1.82, 2.24) is 19.7 Å². The third-order valence-corrected chi connectivity index (χ3v) is 6.73. The molecule has 31 heavy (non-hydrogen) atoms. The number of aryl methyl sites for hydroxylation is 2. The molecule has 0 N–H and O–H groups in total. The van der Waals surface area contributed by atoms with Crippen LogP contribution in [0.1, 0.15) is 41.0 Å². The lowest BCUT2D eigenvalue weighted by molar-refractivity contribution is -0.127. The van der Waals surface area contributed by atoms with Crippen LogP contribution in [0.3, 0.4) is 0 Å². The SMILES string of the molecule is Cc1cccc(-n2c(C)nnc2S[C@@H]2CCCCN(C(=O)c3ccc(Cl)cc3)C2=O)c1. The van der Waals surface area contributed by atoms with Gasteiger partial charge in [0.1, 0.15) is 5.82 Å². The molecule has 0 unspecified atom stereocenters. The largest absolute Gasteiger partial charge is 0.278 e. The Kier molecular flexibility index (Phi) is 6.43. The van der Waals surface area contributed by atoms with E-state index in [0.29, 0.717) is 28.7 Å². The van der Waals surface area contributed by atoms with Gasteiger partial charge in [0.05, 0.1) is 5.25 Å². The summed E-state index contributed by atoms with van der Waals surface area (Å²) in [7, 11) is 0. The highest BCUT2D eigenvalue weighted by Gasteiger charge is 2.33. The molecule has 3 aromatic rings. The van der Waals surface area contributed by atoms with Gasteiger partial charge in [0.15, 0.2) is 5.16 Å². The van der Waals surface area contributed by atoms with Crippen molar-refractivity contribution in [3.05, 3.63) is 70.5 Å². The number of carbonyl (C=O) groups is 2. The Morgan fingerprint density at radius 3 is 2.61 bits per heavy atom. The number of thioether (sulfide) groups is 1. The summed E-state index contributed by atoms with van der Waals surface area (Å²) in [6, 6.07) is 14.7. The van der Waals surface area contributed by atoms with Gasteiger partial charge in [-0.25, -0.2) is 0 Å². The van der Waals surface area contributed by atoms with Crippen LogP contribution in [0.4, 0.5) is 0 Å². The highest BCUT2D eigenvalue weighted by molar-refractivity contribution is 8.00. The first-order chi connectivity index (χ1) is 14.9. The molecular formula is C23H23ClN4O2S. The van der Waals surface area contributed by atoms with Crippen LogP contribution in [-0.2, 0) is 4.79 Å². The average molecular weight is 455 g/mol. The van der Waals surface area contributed by atoms with Gasteiger partial charge in [0.2, 0.25) is 5.91 Å². The Labute approximate surface area is 190 Å².